The number of amides is 1. The second kappa shape index (κ2) is 8.59. The lowest BCUT2D eigenvalue weighted by Gasteiger charge is -2.17. The molecule has 0 fully saturated rings. The molecule has 0 bridgehead atoms. The normalized spacial score (nSPS) is 11.8. The first-order valence-electron chi connectivity index (χ1n) is 11.7. The van der Waals surface area contributed by atoms with E-state index in [0.29, 0.717) is 28.5 Å². The third-order valence-corrected chi connectivity index (χ3v) is 6.03. The van der Waals surface area contributed by atoms with Crippen molar-refractivity contribution in [1.82, 2.24) is 40.1 Å². The zero-order valence-corrected chi connectivity index (χ0v) is 20.4. The van der Waals surface area contributed by atoms with E-state index in [9.17, 15) is 4.79 Å². The van der Waals surface area contributed by atoms with Crippen LogP contribution < -0.4 is 5.32 Å². The van der Waals surface area contributed by atoms with Gasteiger partial charge in [0.25, 0.3) is 0 Å². The highest BCUT2D eigenvalue weighted by atomic mass is 16.2. The number of H-pyrrole nitrogens is 2. The Morgan fingerprint density at radius 1 is 0.919 bits per heavy atom. The largest absolute Gasteiger partial charge is 0.335 e. The highest BCUT2D eigenvalue weighted by Gasteiger charge is 2.22. The number of nitrogens with one attached hydrogen (secondary N) is 3. The van der Waals surface area contributed by atoms with Gasteiger partial charge in [0.15, 0.2) is 11.5 Å². The predicted molar refractivity (Wildman–Crippen MR) is 141 cm³/mol. The number of carbonyl (C=O) groups excluding carboxylic acids is 1. The number of fused-ring (bicyclic) bond motifs is 2. The minimum absolute atomic E-state index is 0.0865. The third-order valence-electron chi connectivity index (χ3n) is 6.03. The lowest BCUT2D eigenvalue weighted by atomic mass is 9.95. The van der Waals surface area contributed by atoms with Crippen LogP contribution >= 0.6 is 0 Å². The van der Waals surface area contributed by atoms with Gasteiger partial charge in [-0.1, -0.05) is 20.8 Å². The van der Waals surface area contributed by atoms with Gasteiger partial charge >= 0.3 is 0 Å². The fourth-order valence-corrected chi connectivity index (χ4v) is 4.02. The number of imidazole rings is 1. The Balaban J connectivity index is 1.40. The molecule has 37 heavy (non-hydrogen) atoms. The summed E-state index contributed by atoms with van der Waals surface area (Å²) in [5, 5.41) is 11.3. The molecule has 182 valence electrons. The Morgan fingerprint density at radius 3 is 2.57 bits per heavy atom. The van der Waals surface area contributed by atoms with Crippen LogP contribution in [0.4, 0.5) is 5.69 Å². The summed E-state index contributed by atoms with van der Waals surface area (Å²) < 4.78 is 0. The van der Waals surface area contributed by atoms with Gasteiger partial charge in [0.2, 0.25) is 5.91 Å². The lowest BCUT2D eigenvalue weighted by molar-refractivity contribution is -0.123. The van der Waals surface area contributed by atoms with Crippen LogP contribution in [0, 0.1) is 5.41 Å². The van der Waals surface area contributed by atoms with E-state index in [1.165, 1.54) is 0 Å². The molecule has 3 N–H and O–H groups in total. The maximum absolute atomic E-state index is 12.4. The number of nitrogens with zero attached hydrogens (tertiary/aromatic N) is 6. The van der Waals surface area contributed by atoms with E-state index in [1.54, 1.807) is 37.2 Å². The monoisotopic (exact) mass is 489 g/mol. The summed E-state index contributed by atoms with van der Waals surface area (Å²) in [5.41, 5.74) is 6.40. The first kappa shape index (κ1) is 22.5. The average molecular weight is 490 g/mol. The Labute approximate surface area is 211 Å². The summed E-state index contributed by atoms with van der Waals surface area (Å²) in [7, 11) is 0. The van der Waals surface area contributed by atoms with Crippen LogP contribution in [-0.4, -0.2) is 46.0 Å². The quantitative estimate of drug-likeness (QED) is 0.317. The number of aromatic amines is 2. The van der Waals surface area contributed by atoms with Crippen molar-refractivity contribution in [3.05, 3.63) is 67.5 Å². The van der Waals surface area contributed by atoms with Crippen molar-refractivity contribution < 1.29 is 4.79 Å². The molecule has 0 saturated heterocycles. The summed E-state index contributed by atoms with van der Waals surface area (Å²) >= 11 is 0. The maximum Gasteiger partial charge on any atom is 0.229 e. The fraction of sp³-hybridized carbons (Fsp3) is 0.148. The molecule has 6 rings (SSSR count). The number of hydrogen-bond donors (Lipinski definition) is 3. The number of aromatic nitrogens is 8. The summed E-state index contributed by atoms with van der Waals surface area (Å²) in [6.07, 6.45) is 10.3. The molecule has 0 radical (unpaired) electrons. The molecule has 0 aliphatic heterocycles. The van der Waals surface area contributed by atoms with Gasteiger partial charge in [-0.25, -0.2) is 9.97 Å². The van der Waals surface area contributed by atoms with Crippen LogP contribution in [0.25, 0.3) is 56.0 Å². The first-order valence-corrected chi connectivity index (χ1v) is 11.7. The van der Waals surface area contributed by atoms with E-state index in [0.717, 1.165) is 33.1 Å². The molecular weight excluding hydrogens is 466 g/mol. The van der Waals surface area contributed by atoms with Crippen LogP contribution in [0.5, 0.6) is 0 Å². The second-order valence-corrected chi connectivity index (χ2v) is 9.73. The van der Waals surface area contributed by atoms with Crippen LogP contribution in [-0.2, 0) is 4.79 Å². The van der Waals surface area contributed by atoms with Crippen molar-refractivity contribution in [1.29, 1.82) is 0 Å². The number of pyridine rings is 4. The van der Waals surface area contributed by atoms with Crippen LogP contribution in [0.15, 0.2) is 67.5 Å². The molecule has 0 saturated carbocycles. The number of rotatable bonds is 4. The molecule has 0 aliphatic rings. The van der Waals surface area contributed by atoms with Crippen LogP contribution in [0.3, 0.4) is 0 Å². The fourth-order valence-electron chi connectivity index (χ4n) is 4.02. The van der Waals surface area contributed by atoms with Gasteiger partial charge < -0.3 is 10.3 Å². The topological polar surface area (TPSA) is 138 Å². The van der Waals surface area contributed by atoms with Gasteiger partial charge in [0.05, 0.1) is 34.8 Å². The van der Waals surface area contributed by atoms with E-state index < -0.39 is 5.41 Å². The Hall–Kier alpha value is -4.99. The van der Waals surface area contributed by atoms with Crippen molar-refractivity contribution in [3.8, 4) is 33.9 Å². The van der Waals surface area contributed by atoms with E-state index in [1.807, 2.05) is 51.1 Å². The molecule has 6 heterocycles. The van der Waals surface area contributed by atoms with Crippen molar-refractivity contribution in [2.45, 2.75) is 20.8 Å². The molecule has 1 amide bonds. The zero-order chi connectivity index (χ0) is 25.6. The van der Waals surface area contributed by atoms with Crippen molar-refractivity contribution in [2.24, 2.45) is 5.41 Å². The smallest absolute Gasteiger partial charge is 0.229 e. The standard InChI is InChI=1S/C27H23N9O/c1-27(2,3)26(37)32-17-10-16(12-29-13-17)20-11-19-21(14-31-20)35-36-23(19)25-33-22-18(6-9-30-24(22)34-25)15-4-7-28-8-5-15/h4-14H,1-3H3,(H,32,37)(H,35,36)(H,30,33,34). The lowest BCUT2D eigenvalue weighted by Crippen LogP contribution is -2.27. The van der Waals surface area contributed by atoms with Crippen molar-refractivity contribution in [2.75, 3.05) is 5.32 Å². The number of anilines is 1. The Morgan fingerprint density at radius 2 is 1.76 bits per heavy atom. The zero-order valence-electron chi connectivity index (χ0n) is 20.4. The van der Waals surface area contributed by atoms with Crippen molar-refractivity contribution >= 4 is 33.7 Å². The number of hydrogen-bond acceptors (Lipinski definition) is 7. The third kappa shape index (κ3) is 4.18. The number of carbonyl (C=O) groups is 1. The van der Waals surface area contributed by atoms with E-state index in [-0.39, 0.29) is 5.91 Å². The molecular formula is C27H23N9O. The molecule has 0 spiro atoms. The minimum Gasteiger partial charge on any atom is -0.335 e. The highest BCUT2D eigenvalue weighted by Crippen LogP contribution is 2.32. The molecule has 10 nitrogen and oxygen atoms in total. The second-order valence-electron chi connectivity index (χ2n) is 9.73. The molecule has 0 unspecified atom stereocenters. The van der Waals surface area contributed by atoms with E-state index in [2.05, 4.69) is 40.4 Å². The van der Waals surface area contributed by atoms with E-state index >= 15 is 0 Å². The van der Waals surface area contributed by atoms with Gasteiger partial charge in [-0.2, -0.15) is 5.10 Å². The summed E-state index contributed by atoms with van der Waals surface area (Å²) in [4.78, 5) is 38.0. The molecule has 0 atom stereocenters. The first-order chi connectivity index (χ1) is 17.9. The maximum atomic E-state index is 12.4. The van der Waals surface area contributed by atoms with Gasteiger partial charge in [0, 0.05) is 46.7 Å². The molecule has 10 heteroatoms. The predicted octanol–water partition coefficient (Wildman–Crippen LogP) is 5.00. The highest BCUT2D eigenvalue weighted by molar-refractivity contribution is 5.97. The SMILES string of the molecule is CC(C)(C)C(=O)Nc1cncc(-c2cc3c(-c4nc5nccc(-c6ccncc6)c5[nH]4)n[nH]c3cn2)c1. The Kier molecular flexibility index (Phi) is 5.22. The summed E-state index contributed by atoms with van der Waals surface area (Å²) in [6.45, 7) is 5.59. The van der Waals surface area contributed by atoms with Gasteiger partial charge in [-0.3, -0.25) is 24.8 Å². The molecule has 0 aliphatic carbocycles. The molecule has 6 aromatic heterocycles. The summed E-state index contributed by atoms with van der Waals surface area (Å²) in [5.74, 6) is 0.508. The van der Waals surface area contributed by atoms with Crippen LogP contribution in [0.2, 0.25) is 0 Å². The van der Waals surface area contributed by atoms with Gasteiger partial charge in [0.1, 0.15) is 5.69 Å². The molecule has 6 aromatic rings. The van der Waals surface area contributed by atoms with Crippen molar-refractivity contribution in [3.63, 3.8) is 0 Å². The molecule has 0 aromatic carbocycles. The average Bonchev–Trinajstić information content (AvgIpc) is 3.52. The minimum atomic E-state index is -0.516. The van der Waals surface area contributed by atoms with Gasteiger partial charge in [-0.05, 0) is 35.9 Å². The summed E-state index contributed by atoms with van der Waals surface area (Å²) in [6, 6.07) is 9.64. The van der Waals surface area contributed by atoms with Gasteiger partial charge in [-0.15, -0.1) is 0 Å². The van der Waals surface area contributed by atoms with E-state index in [4.69, 9.17) is 4.98 Å². The van der Waals surface area contributed by atoms with Crippen LogP contribution in [0.1, 0.15) is 20.8 Å². The Bertz CT molecular complexity index is 1760.